The van der Waals surface area contributed by atoms with E-state index in [4.69, 9.17) is 29.9 Å². The number of rotatable bonds is 7. The molecule has 196 valence electrons. The first kappa shape index (κ1) is 24.2. The van der Waals surface area contributed by atoms with Crippen molar-refractivity contribution < 1.29 is 14.2 Å². The van der Waals surface area contributed by atoms with Crippen LogP contribution in [0.25, 0.3) is 22.2 Å². The molecule has 3 aliphatic rings. The second-order valence-electron chi connectivity index (χ2n) is 10.4. The second-order valence-corrected chi connectivity index (χ2v) is 10.4. The van der Waals surface area contributed by atoms with Gasteiger partial charge >= 0.3 is 0 Å². The first-order chi connectivity index (χ1) is 18.1. The number of anilines is 3. The Morgan fingerprint density at radius 3 is 2.59 bits per heavy atom. The summed E-state index contributed by atoms with van der Waals surface area (Å²) < 4.78 is 17.5. The minimum absolute atomic E-state index is 0.291. The number of aromatic nitrogens is 3. The number of aryl methyl sites for hydroxylation is 1. The molecule has 3 aromatic rings. The number of hydrogen-bond acceptors (Lipinski definition) is 9. The predicted octanol–water partition coefficient (Wildman–Crippen LogP) is 4.19. The summed E-state index contributed by atoms with van der Waals surface area (Å²) in [5, 5.41) is 3.65. The lowest BCUT2D eigenvalue weighted by molar-refractivity contribution is 0.0303. The van der Waals surface area contributed by atoms with E-state index in [0.29, 0.717) is 35.7 Å². The molecule has 37 heavy (non-hydrogen) atoms. The van der Waals surface area contributed by atoms with Gasteiger partial charge in [0.25, 0.3) is 0 Å². The van der Waals surface area contributed by atoms with Crippen LogP contribution < -0.4 is 20.7 Å². The van der Waals surface area contributed by atoms with Gasteiger partial charge in [-0.3, -0.25) is 0 Å². The molecule has 0 spiro atoms. The summed E-state index contributed by atoms with van der Waals surface area (Å²) in [7, 11) is 3.51. The number of methoxy groups -OCH3 is 2. The van der Waals surface area contributed by atoms with Crippen molar-refractivity contribution in [3.8, 4) is 16.9 Å². The predicted molar refractivity (Wildman–Crippen MR) is 145 cm³/mol. The lowest BCUT2D eigenvalue weighted by Gasteiger charge is -2.34. The van der Waals surface area contributed by atoms with E-state index in [1.807, 2.05) is 0 Å². The van der Waals surface area contributed by atoms with E-state index in [1.165, 1.54) is 0 Å². The van der Waals surface area contributed by atoms with Gasteiger partial charge in [-0.15, -0.1) is 0 Å². The van der Waals surface area contributed by atoms with Gasteiger partial charge in [-0.1, -0.05) is 13.0 Å². The summed E-state index contributed by atoms with van der Waals surface area (Å²) >= 11 is 0. The van der Waals surface area contributed by atoms with Crippen LogP contribution in [-0.4, -0.2) is 66.6 Å². The monoisotopic (exact) mass is 504 g/mol. The molecule has 1 aliphatic carbocycles. The third-order valence-corrected chi connectivity index (χ3v) is 8.07. The number of pyridine rings is 1. The summed E-state index contributed by atoms with van der Waals surface area (Å²) in [5.74, 6) is 2.04. The highest BCUT2D eigenvalue weighted by atomic mass is 16.5. The Morgan fingerprint density at radius 2 is 1.89 bits per heavy atom. The van der Waals surface area contributed by atoms with E-state index in [2.05, 4.69) is 40.3 Å². The summed E-state index contributed by atoms with van der Waals surface area (Å²) in [6.07, 6.45) is 8.78. The molecule has 3 N–H and O–H groups in total. The van der Waals surface area contributed by atoms with Crippen LogP contribution in [-0.2, 0) is 15.9 Å². The highest BCUT2D eigenvalue weighted by molar-refractivity contribution is 5.97. The molecule has 1 saturated carbocycles. The molecule has 9 nitrogen and oxygen atoms in total. The topological polar surface area (TPSA) is 108 Å². The molecule has 2 saturated heterocycles. The number of hydrogen-bond donors (Lipinski definition) is 2. The fourth-order valence-electron chi connectivity index (χ4n) is 6.06. The Labute approximate surface area is 217 Å². The number of nitrogen functional groups attached to an aromatic ring is 1. The van der Waals surface area contributed by atoms with Crippen molar-refractivity contribution in [3.05, 3.63) is 30.1 Å². The third-order valence-electron chi connectivity index (χ3n) is 8.07. The van der Waals surface area contributed by atoms with Gasteiger partial charge in [0.15, 0.2) is 5.82 Å². The van der Waals surface area contributed by atoms with Crippen molar-refractivity contribution in [3.63, 3.8) is 0 Å². The number of morpholine rings is 1. The fourth-order valence-corrected chi connectivity index (χ4v) is 6.06. The van der Waals surface area contributed by atoms with Crippen molar-refractivity contribution in [1.82, 2.24) is 15.0 Å². The maximum absolute atomic E-state index is 6.29. The zero-order valence-electron chi connectivity index (χ0n) is 21.9. The molecular weight excluding hydrogens is 468 g/mol. The summed E-state index contributed by atoms with van der Waals surface area (Å²) in [5.41, 5.74) is 11.5. The van der Waals surface area contributed by atoms with Crippen molar-refractivity contribution in [2.45, 2.75) is 69.8 Å². The van der Waals surface area contributed by atoms with Gasteiger partial charge < -0.3 is 30.2 Å². The standard InChI is InChI=1S/C28H36N6O3/c1-4-22-28(31-17-6-7-18(12-17)35-2)33-25-21(13-30-27(29)26(25)32-22)16-5-10-23(24(11-16)36-3)34-14-19-8-9-20(15-34)37-19/h5,10-11,13,17-20H,4,6-9,12,14-15H2,1-3H3,(H2,29,30)(H,31,33)/t17-,18+,19?,20?/m1/s1. The van der Waals surface area contributed by atoms with Crippen LogP contribution in [0.2, 0.25) is 0 Å². The van der Waals surface area contributed by atoms with Gasteiger partial charge in [-0.05, 0) is 56.2 Å². The molecule has 0 amide bonds. The first-order valence-electron chi connectivity index (χ1n) is 13.4. The largest absolute Gasteiger partial charge is 0.495 e. The zero-order chi connectivity index (χ0) is 25.5. The molecule has 1 aromatic carbocycles. The van der Waals surface area contributed by atoms with E-state index in [1.54, 1.807) is 20.4 Å². The van der Waals surface area contributed by atoms with E-state index in [0.717, 1.165) is 91.2 Å². The number of nitrogens with zero attached hydrogens (tertiary/aromatic N) is 4. The Bertz CT molecular complexity index is 1290. The summed E-state index contributed by atoms with van der Waals surface area (Å²) in [6, 6.07) is 6.64. The highest BCUT2D eigenvalue weighted by Crippen LogP contribution is 2.39. The van der Waals surface area contributed by atoms with E-state index >= 15 is 0 Å². The Hall–Kier alpha value is -3.17. The molecule has 2 aromatic heterocycles. The lowest BCUT2D eigenvalue weighted by Crippen LogP contribution is -2.42. The van der Waals surface area contributed by atoms with Crippen LogP contribution in [0.5, 0.6) is 5.75 Å². The quantitative estimate of drug-likeness (QED) is 0.490. The number of nitrogens with one attached hydrogen (secondary N) is 1. The van der Waals surface area contributed by atoms with Crippen LogP contribution in [0.4, 0.5) is 17.3 Å². The average molecular weight is 505 g/mol. The zero-order valence-corrected chi connectivity index (χ0v) is 21.9. The van der Waals surface area contributed by atoms with Crippen molar-refractivity contribution in [2.24, 2.45) is 0 Å². The van der Waals surface area contributed by atoms with E-state index in [9.17, 15) is 0 Å². The third kappa shape index (κ3) is 4.55. The van der Waals surface area contributed by atoms with Gasteiger partial charge in [-0.2, -0.15) is 0 Å². The van der Waals surface area contributed by atoms with Gasteiger partial charge in [-0.25, -0.2) is 15.0 Å². The van der Waals surface area contributed by atoms with Crippen LogP contribution in [0.3, 0.4) is 0 Å². The molecule has 9 heteroatoms. The van der Waals surface area contributed by atoms with E-state index < -0.39 is 0 Å². The molecule has 3 fully saturated rings. The van der Waals surface area contributed by atoms with Gasteiger partial charge in [0.05, 0.1) is 36.8 Å². The highest BCUT2D eigenvalue weighted by Gasteiger charge is 2.34. The van der Waals surface area contributed by atoms with Gasteiger partial charge in [0, 0.05) is 38.0 Å². The molecule has 2 bridgehead atoms. The molecule has 6 rings (SSSR count). The Balaban J connectivity index is 1.38. The smallest absolute Gasteiger partial charge is 0.151 e. The number of benzene rings is 1. The maximum atomic E-state index is 6.29. The Morgan fingerprint density at radius 1 is 1.08 bits per heavy atom. The normalized spacial score (nSPS) is 25.1. The molecule has 4 atom stereocenters. The van der Waals surface area contributed by atoms with Gasteiger partial charge in [0.2, 0.25) is 0 Å². The van der Waals surface area contributed by atoms with Crippen molar-refractivity contribution >= 4 is 28.4 Å². The maximum Gasteiger partial charge on any atom is 0.151 e. The van der Waals surface area contributed by atoms with Crippen LogP contribution in [0, 0.1) is 0 Å². The number of fused-ring (bicyclic) bond motifs is 3. The molecule has 4 heterocycles. The SMILES string of the molecule is CCc1nc2c(N)ncc(-c3ccc(N4CC5CCC(C4)O5)c(OC)c3)c2nc1N[C@@H]1CC[C@H](OC)C1. The summed E-state index contributed by atoms with van der Waals surface area (Å²) in [6.45, 7) is 3.87. The minimum atomic E-state index is 0.291. The lowest BCUT2D eigenvalue weighted by atomic mass is 10.0. The van der Waals surface area contributed by atoms with Crippen LogP contribution in [0.1, 0.15) is 44.7 Å². The first-order valence-corrected chi connectivity index (χ1v) is 13.4. The molecule has 2 aliphatic heterocycles. The molecular formula is C28H36N6O3. The summed E-state index contributed by atoms with van der Waals surface area (Å²) in [4.78, 5) is 16.9. The second kappa shape index (κ2) is 9.95. The van der Waals surface area contributed by atoms with Gasteiger partial charge in [0.1, 0.15) is 22.6 Å². The number of nitrogens with two attached hydrogens (primary N) is 1. The van der Waals surface area contributed by atoms with E-state index in [-0.39, 0.29) is 0 Å². The molecule has 0 radical (unpaired) electrons. The van der Waals surface area contributed by atoms with Crippen molar-refractivity contribution in [2.75, 3.05) is 43.3 Å². The van der Waals surface area contributed by atoms with Crippen LogP contribution in [0.15, 0.2) is 24.4 Å². The fraction of sp³-hybridized carbons (Fsp3) is 0.536. The Kier molecular flexibility index (Phi) is 6.50. The van der Waals surface area contributed by atoms with Crippen molar-refractivity contribution in [1.29, 1.82) is 0 Å². The number of ether oxygens (including phenoxy) is 3. The average Bonchev–Trinajstić information content (AvgIpc) is 3.53. The van der Waals surface area contributed by atoms with Crippen LogP contribution >= 0.6 is 0 Å². The molecule has 2 unspecified atom stereocenters. The minimum Gasteiger partial charge on any atom is -0.495 e.